The van der Waals surface area contributed by atoms with Crippen LogP contribution in [-0.4, -0.2) is 33.1 Å². The molecule has 0 aliphatic rings. The van der Waals surface area contributed by atoms with Crippen LogP contribution >= 0.6 is 11.8 Å². The van der Waals surface area contributed by atoms with Gasteiger partial charge in [0.25, 0.3) is 0 Å². The first-order valence-electron chi connectivity index (χ1n) is 6.94. The highest BCUT2D eigenvalue weighted by molar-refractivity contribution is 7.99. The van der Waals surface area contributed by atoms with E-state index in [0.717, 1.165) is 24.5 Å². The van der Waals surface area contributed by atoms with E-state index in [1.165, 1.54) is 10.5 Å². The highest BCUT2D eigenvalue weighted by Gasteiger charge is 2.12. The highest BCUT2D eigenvalue weighted by atomic mass is 32.2. The van der Waals surface area contributed by atoms with E-state index in [0.29, 0.717) is 6.04 Å². The summed E-state index contributed by atoms with van der Waals surface area (Å²) in [5.74, 6) is 2.06. The van der Waals surface area contributed by atoms with Crippen molar-refractivity contribution in [2.45, 2.75) is 31.2 Å². The number of rotatable bonds is 7. The summed E-state index contributed by atoms with van der Waals surface area (Å²) < 4.78 is 1.85. The van der Waals surface area contributed by atoms with Gasteiger partial charge in [-0.3, -0.25) is 4.68 Å². The van der Waals surface area contributed by atoms with Gasteiger partial charge >= 0.3 is 0 Å². The number of benzene rings is 1. The van der Waals surface area contributed by atoms with Gasteiger partial charge in [0.2, 0.25) is 0 Å². The molecule has 1 heterocycles. The summed E-state index contributed by atoms with van der Waals surface area (Å²) >= 11 is 1.89. The lowest BCUT2D eigenvalue weighted by molar-refractivity contribution is 0.542. The Bertz CT molecular complexity index is 538. The lowest BCUT2D eigenvalue weighted by Gasteiger charge is -2.17. The van der Waals surface area contributed by atoms with Gasteiger partial charge in [-0.05, 0) is 25.6 Å². The molecular weight excluding hydrogens is 268 g/mol. The fourth-order valence-corrected chi connectivity index (χ4v) is 3.18. The summed E-state index contributed by atoms with van der Waals surface area (Å²) in [6.07, 6.45) is 2.52. The molecule has 1 aromatic heterocycles. The second-order valence-corrected chi connectivity index (χ2v) is 5.98. The van der Waals surface area contributed by atoms with Crippen molar-refractivity contribution in [3.05, 3.63) is 42.0 Å². The molecule has 0 aliphatic heterocycles. The number of nitrogens with zero attached hydrogens (tertiary/aromatic N) is 3. The number of nitrogens with one attached hydrogen (secondary N) is 1. The third kappa shape index (κ3) is 4.35. The van der Waals surface area contributed by atoms with Gasteiger partial charge in [0.05, 0.1) is 0 Å². The van der Waals surface area contributed by atoms with Crippen LogP contribution in [0.3, 0.4) is 0 Å². The molecule has 0 bridgehead atoms. The minimum atomic E-state index is 0.411. The molecule has 0 radical (unpaired) electrons. The first-order valence-corrected chi connectivity index (χ1v) is 7.93. The summed E-state index contributed by atoms with van der Waals surface area (Å²) in [5.41, 5.74) is 1.31. The van der Waals surface area contributed by atoms with Crippen molar-refractivity contribution in [1.82, 2.24) is 20.1 Å². The average molecular weight is 290 g/mol. The van der Waals surface area contributed by atoms with Crippen LogP contribution in [0.25, 0.3) is 0 Å². The van der Waals surface area contributed by atoms with Gasteiger partial charge in [0.15, 0.2) is 0 Å². The van der Waals surface area contributed by atoms with E-state index in [4.69, 9.17) is 0 Å². The van der Waals surface area contributed by atoms with Crippen LogP contribution in [0.15, 0.2) is 35.5 Å². The van der Waals surface area contributed by atoms with Crippen molar-refractivity contribution in [1.29, 1.82) is 0 Å². The van der Waals surface area contributed by atoms with E-state index in [1.807, 2.05) is 23.5 Å². The molecule has 20 heavy (non-hydrogen) atoms. The third-order valence-electron chi connectivity index (χ3n) is 3.17. The standard InChI is InChI=1S/C15H22N4S/c1-4-16-13(9-15-17-11-18-19(15)3)10-20-14-7-5-6-12(2)8-14/h5-8,11,13,16H,4,9-10H2,1-3H3. The van der Waals surface area contributed by atoms with Crippen molar-refractivity contribution < 1.29 is 0 Å². The maximum atomic E-state index is 4.31. The van der Waals surface area contributed by atoms with Crippen molar-refractivity contribution in [3.63, 3.8) is 0 Å². The zero-order chi connectivity index (χ0) is 14.4. The SMILES string of the molecule is CCNC(CSc1cccc(C)c1)Cc1ncnn1C. The Kier molecular flexibility index (Phi) is 5.61. The molecule has 2 rings (SSSR count). The second-order valence-electron chi connectivity index (χ2n) is 4.89. The lowest BCUT2D eigenvalue weighted by atomic mass is 10.2. The summed E-state index contributed by atoms with van der Waals surface area (Å²) in [7, 11) is 1.94. The molecule has 1 N–H and O–H groups in total. The van der Waals surface area contributed by atoms with E-state index in [1.54, 1.807) is 6.33 Å². The monoisotopic (exact) mass is 290 g/mol. The fourth-order valence-electron chi connectivity index (χ4n) is 2.11. The summed E-state index contributed by atoms with van der Waals surface area (Å²) in [4.78, 5) is 5.63. The zero-order valence-corrected chi connectivity index (χ0v) is 13.2. The molecule has 0 spiro atoms. The Labute approximate surface area is 125 Å². The molecule has 4 nitrogen and oxygen atoms in total. The van der Waals surface area contributed by atoms with Crippen LogP contribution in [0, 0.1) is 6.92 Å². The molecule has 5 heteroatoms. The van der Waals surface area contributed by atoms with Gasteiger partial charge < -0.3 is 5.32 Å². The van der Waals surface area contributed by atoms with Crippen LogP contribution in [0.4, 0.5) is 0 Å². The van der Waals surface area contributed by atoms with Crippen molar-refractivity contribution in [2.24, 2.45) is 7.05 Å². The Morgan fingerprint density at radius 1 is 1.40 bits per heavy atom. The quantitative estimate of drug-likeness (QED) is 0.795. The predicted molar refractivity (Wildman–Crippen MR) is 84.1 cm³/mol. The number of hydrogen-bond acceptors (Lipinski definition) is 4. The maximum Gasteiger partial charge on any atom is 0.138 e. The van der Waals surface area contributed by atoms with Crippen LogP contribution in [0.1, 0.15) is 18.3 Å². The van der Waals surface area contributed by atoms with Gasteiger partial charge in [-0.25, -0.2) is 4.98 Å². The molecule has 0 aliphatic carbocycles. The van der Waals surface area contributed by atoms with Crippen molar-refractivity contribution in [2.75, 3.05) is 12.3 Å². The number of aryl methyl sites for hydroxylation is 2. The van der Waals surface area contributed by atoms with Crippen LogP contribution in [0.2, 0.25) is 0 Å². The smallest absolute Gasteiger partial charge is 0.138 e. The molecule has 2 aromatic rings. The zero-order valence-electron chi connectivity index (χ0n) is 12.3. The van der Waals surface area contributed by atoms with E-state index in [9.17, 15) is 0 Å². The van der Waals surface area contributed by atoms with E-state index >= 15 is 0 Å². The minimum Gasteiger partial charge on any atom is -0.313 e. The first-order chi connectivity index (χ1) is 9.69. The highest BCUT2D eigenvalue weighted by Crippen LogP contribution is 2.20. The van der Waals surface area contributed by atoms with Gasteiger partial charge in [-0.2, -0.15) is 5.10 Å². The topological polar surface area (TPSA) is 42.7 Å². The van der Waals surface area contributed by atoms with Crippen LogP contribution in [0.5, 0.6) is 0 Å². The molecule has 0 saturated heterocycles. The molecule has 1 aromatic carbocycles. The van der Waals surface area contributed by atoms with Gasteiger partial charge in [0.1, 0.15) is 12.2 Å². The Morgan fingerprint density at radius 2 is 2.25 bits per heavy atom. The van der Waals surface area contributed by atoms with Gasteiger partial charge in [0, 0.05) is 30.2 Å². The van der Waals surface area contributed by atoms with E-state index in [2.05, 4.69) is 53.5 Å². The molecule has 1 atom stereocenters. The van der Waals surface area contributed by atoms with Gasteiger partial charge in [-0.1, -0.05) is 24.6 Å². The third-order valence-corrected chi connectivity index (χ3v) is 4.32. The van der Waals surface area contributed by atoms with Crippen LogP contribution < -0.4 is 5.32 Å². The maximum absolute atomic E-state index is 4.31. The molecule has 108 valence electrons. The normalized spacial score (nSPS) is 12.6. The molecular formula is C15H22N4S. The number of likely N-dealkylation sites (N-methyl/N-ethyl adjacent to an activating group) is 1. The number of aromatic nitrogens is 3. The summed E-state index contributed by atoms with van der Waals surface area (Å²) in [6.45, 7) is 5.24. The predicted octanol–water partition coefficient (Wildman–Crippen LogP) is 2.44. The molecule has 1 unspecified atom stereocenters. The number of hydrogen-bond donors (Lipinski definition) is 1. The second kappa shape index (κ2) is 7.45. The van der Waals surface area contributed by atoms with E-state index in [-0.39, 0.29) is 0 Å². The van der Waals surface area contributed by atoms with E-state index < -0.39 is 0 Å². The minimum absolute atomic E-state index is 0.411. The molecule has 0 fully saturated rings. The average Bonchev–Trinajstić information content (AvgIpc) is 2.82. The number of thioether (sulfide) groups is 1. The Morgan fingerprint density at radius 3 is 2.90 bits per heavy atom. The van der Waals surface area contributed by atoms with Crippen LogP contribution in [-0.2, 0) is 13.5 Å². The van der Waals surface area contributed by atoms with Crippen molar-refractivity contribution >= 4 is 11.8 Å². The fraction of sp³-hybridized carbons (Fsp3) is 0.467. The van der Waals surface area contributed by atoms with Gasteiger partial charge in [-0.15, -0.1) is 11.8 Å². The first kappa shape index (κ1) is 15.1. The summed E-state index contributed by atoms with van der Waals surface area (Å²) in [5, 5.41) is 7.66. The van der Waals surface area contributed by atoms with Crippen molar-refractivity contribution in [3.8, 4) is 0 Å². The Hall–Kier alpha value is -1.33. The summed E-state index contributed by atoms with van der Waals surface area (Å²) in [6, 6.07) is 9.06. The molecule has 0 saturated carbocycles. The Balaban J connectivity index is 1.94. The molecule has 0 amide bonds. The largest absolute Gasteiger partial charge is 0.313 e. The lowest BCUT2D eigenvalue weighted by Crippen LogP contribution is -2.34.